The molecule has 0 aromatic carbocycles. The van der Waals surface area contributed by atoms with E-state index in [1.165, 1.54) is 11.3 Å². The third-order valence-electron chi connectivity index (χ3n) is 4.46. The number of carbonyl (C=O) groups is 2. The average Bonchev–Trinajstić information content (AvgIpc) is 3.01. The van der Waals surface area contributed by atoms with Gasteiger partial charge in [0.15, 0.2) is 0 Å². The summed E-state index contributed by atoms with van der Waals surface area (Å²) >= 11 is 0. The van der Waals surface area contributed by atoms with Gasteiger partial charge >= 0.3 is 12.0 Å². The molecule has 6 heteroatoms. The quantitative estimate of drug-likeness (QED) is 0.696. The minimum absolute atomic E-state index is 0.142. The number of carbonyl (C=O) groups excluding carboxylic acids is 1. The Hall–Kier alpha value is -1.30. The molecule has 3 aliphatic rings. The fraction of sp³-hybridized carbons (Fsp3) is 0.833. The Bertz CT molecular complexity index is 386. The van der Waals surface area contributed by atoms with Gasteiger partial charge in [-0.1, -0.05) is 0 Å². The van der Waals surface area contributed by atoms with Gasteiger partial charge in [0.25, 0.3) is 0 Å². The van der Waals surface area contributed by atoms with Crippen molar-refractivity contribution in [2.24, 2.45) is 5.92 Å². The van der Waals surface area contributed by atoms with E-state index in [0.29, 0.717) is 5.92 Å². The average molecular weight is 254 g/mol. The third-order valence-corrected chi connectivity index (χ3v) is 4.46. The molecule has 1 saturated carbocycles. The van der Waals surface area contributed by atoms with Crippen LogP contribution in [0.1, 0.15) is 25.7 Å². The van der Waals surface area contributed by atoms with Crippen molar-refractivity contribution in [1.82, 2.24) is 9.80 Å². The maximum absolute atomic E-state index is 12.4. The molecule has 18 heavy (non-hydrogen) atoms. The van der Waals surface area contributed by atoms with Crippen molar-refractivity contribution in [3.63, 3.8) is 0 Å². The van der Waals surface area contributed by atoms with Crippen LogP contribution < -0.4 is 0 Å². The first-order chi connectivity index (χ1) is 8.56. The lowest BCUT2D eigenvalue weighted by Crippen LogP contribution is -2.50. The maximum Gasteiger partial charge on any atom is 0.326 e. The molecule has 1 aliphatic carbocycles. The van der Waals surface area contributed by atoms with Crippen LogP contribution >= 0.6 is 0 Å². The number of urea groups is 1. The van der Waals surface area contributed by atoms with Gasteiger partial charge in [0, 0.05) is 25.6 Å². The summed E-state index contributed by atoms with van der Waals surface area (Å²) < 4.78 is 0. The van der Waals surface area contributed by atoms with Gasteiger partial charge in [0.2, 0.25) is 0 Å². The fourth-order valence-corrected chi connectivity index (χ4v) is 3.58. The lowest BCUT2D eigenvalue weighted by molar-refractivity contribution is -0.141. The van der Waals surface area contributed by atoms with Crippen LogP contribution in [0.3, 0.4) is 0 Å². The Kier molecular flexibility index (Phi) is 2.69. The Morgan fingerprint density at radius 3 is 2.39 bits per heavy atom. The summed E-state index contributed by atoms with van der Waals surface area (Å²) in [7, 11) is 0. The molecule has 0 aromatic rings. The van der Waals surface area contributed by atoms with Crippen molar-refractivity contribution in [2.45, 2.75) is 43.9 Å². The topological polar surface area (TPSA) is 81.1 Å². The zero-order valence-corrected chi connectivity index (χ0v) is 10.2. The Labute approximate surface area is 105 Å². The monoisotopic (exact) mass is 254 g/mol. The van der Waals surface area contributed by atoms with E-state index < -0.39 is 18.1 Å². The van der Waals surface area contributed by atoms with E-state index in [1.54, 1.807) is 0 Å². The molecule has 100 valence electrons. The molecule has 0 spiro atoms. The number of likely N-dealkylation sites (tertiary alicyclic amines) is 2. The van der Waals surface area contributed by atoms with Crippen molar-refractivity contribution in [3.8, 4) is 0 Å². The molecule has 0 aromatic heterocycles. The fourth-order valence-electron chi connectivity index (χ4n) is 3.58. The van der Waals surface area contributed by atoms with Crippen LogP contribution in [0.2, 0.25) is 0 Å². The van der Waals surface area contributed by atoms with E-state index in [9.17, 15) is 14.7 Å². The normalized spacial score (nSPS) is 38.5. The van der Waals surface area contributed by atoms with Gasteiger partial charge in [-0.05, 0) is 25.2 Å². The van der Waals surface area contributed by atoms with E-state index >= 15 is 0 Å². The van der Waals surface area contributed by atoms with Crippen molar-refractivity contribution in [2.75, 3.05) is 13.1 Å². The molecule has 2 bridgehead atoms. The lowest BCUT2D eigenvalue weighted by Gasteiger charge is -2.32. The van der Waals surface area contributed by atoms with Gasteiger partial charge < -0.3 is 20.0 Å². The number of piperidine rings is 1. The molecule has 2 N–H and O–H groups in total. The molecule has 3 fully saturated rings. The highest BCUT2D eigenvalue weighted by molar-refractivity contribution is 5.84. The van der Waals surface area contributed by atoms with Crippen LogP contribution in [0.25, 0.3) is 0 Å². The Morgan fingerprint density at radius 1 is 1.06 bits per heavy atom. The number of carboxylic acids is 1. The van der Waals surface area contributed by atoms with E-state index in [1.807, 2.05) is 4.90 Å². The molecule has 6 nitrogen and oxygen atoms in total. The summed E-state index contributed by atoms with van der Waals surface area (Å²) in [6.07, 6.45) is 2.70. The number of aliphatic hydroxyl groups is 1. The molecule has 0 radical (unpaired) electrons. The van der Waals surface area contributed by atoms with E-state index in [2.05, 4.69) is 0 Å². The number of rotatable bonds is 1. The minimum Gasteiger partial charge on any atom is -0.480 e. The van der Waals surface area contributed by atoms with Crippen LogP contribution in [-0.4, -0.2) is 63.3 Å². The Balaban J connectivity index is 1.73. The second kappa shape index (κ2) is 4.12. The van der Waals surface area contributed by atoms with E-state index in [-0.39, 0.29) is 25.0 Å². The van der Waals surface area contributed by atoms with Crippen LogP contribution in [0.15, 0.2) is 0 Å². The molecule has 4 atom stereocenters. The van der Waals surface area contributed by atoms with Crippen LogP contribution in [0.4, 0.5) is 4.79 Å². The smallest absolute Gasteiger partial charge is 0.326 e. The summed E-state index contributed by atoms with van der Waals surface area (Å²) in [6, 6.07) is -0.785. The molecule has 2 amide bonds. The number of fused-ring (bicyclic) bond motifs is 2. The number of aliphatic carboxylic acids is 1. The van der Waals surface area contributed by atoms with Gasteiger partial charge in [-0.2, -0.15) is 0 Å². The van der Waals surface area contributed by atoms with Crippen molar-refractivity contribution in [3.05, 3.63) is 0 Å². The number of β-amino-alcohol motifs (C(OH)–C–C–N with tert-alkyl or cyclic N) is 1. The van der Waals surface area contributed by atoms with Crippen molar-refractivity contribution < 1.29 is 19.8 Å². The third kappa shape index (κ3) is 1.75. The number of nitrogens with zero attached hydrogens (tertiary/aromatic N) is 2. The summed E-state index contributed by atoms with van der Waals surface area (Å²) in [4.78, 5) is 26.6. The zero-order valence-electron chi connectivity index (χ0n) is 10.2. The molecule has 2 unspecified atom stereocenters. The van der Waals surface area contributed by atoms with Crippen LogP contribution in [0, 0.1) is 5.92 Å². The molecular formula is C12H18N2O4. The standard InChI is InChI=1S/C12H18N2O4/c15-9-4-10(11(16)17)14(6-9)12(18)13-5-7-1-2-8(13)3-7/h7-10,15H,1-6H2,(H,16,17)/t7?,8?,9-,10-/m0/s1. The first kappa shape index (κ1) is 11.8. The van der Waals surface area contributed by atoms with E-state index in [0.717, 1.165) is 19.4 Å². The van der Waals surface area contributed by atoms with Gasteiger partial charge in [-0.15, -0.1) is 0 Å². The summed E-state index contributed by atoms with van der Waals surface area (Å²) in [5.74, 6) is -0.431. The van der Waals surface area contributed by atoms with Gasteiger partial charge in [-0.25, -0.2) is 9.59 Å². The highest BCUT2D eigenvalue weighted by atomic mass is 16.4. The Morgan fingerprint density at radius 2 is 1.83 bits per heavy atom. The summed E-state index contributed by atoms with van der Waals surface area (Å²) in [6.45, 7) is 0.895. The number of hydrogen-bond acceptors (Lipinski definition) is 3. The number of hydrogen-bond donors (Lipinski definition) is 2. The van der Waals surface area contributed by atoms with Crippen LogP contribution in [-0.2, 0) is 4.79 Å². The summed E-state index contributed by atoms with van der Waals surface area (Å²) in [5.41, 5.74) is 0. The first-order valence-corrected chi connectivity index (χ1v) is 6.54. The number of carboxylic acid groups (broad SMARTS) is 1. The highest BCUT2D eigenvalue weighted by Gasteiger charge is 2.46. The maximum atomic E-state index is 12.4. The van der Waals surface area contributed by atoms with Crippen molar-refractivity contribution in [1.29, 1.82) is 0 Å². The second-order valence-corrected chi connectivity index (χ2v) is 5.66. The van der Waals surface area contributed by atoms with Crippen LogP contribution in [0.5, 0.6) is 0 Å². The minimum atomic E-state index is -1.02. The molecule has 3 rings (SSSR count). The summed E-state index contributed by atoms with van der Waals surface area (Å²) in [5, 5.41) is 18.7. The number of amides is 2. The number of aliphatic hydroxyl groups excluding tert-OH is 1. The first-order valence-electron chi connectivity index (χ1n) is 6.54. The predicted molar refractivity (Wildman–Crippen MR) is 62.0 cm³/mol. The highest BCUT2D eigenvalue weighted by Crippen LogP contribution is 2.38. The molecule has 2 saturated heterocycles. The largest absolute Gasteiger partial charge is 0.480 e. The lowest BCUT2D eigenvalue weighted by atomic mass is 10.1. The second-order valence-electron chi connectivity index (χ2n) is 5.66. The zero-order chi connectivity index (χ0) is 12.9. The molecule has 2 heterocycles. The van der Waals surface area contributed by atoms with Gasteiger partial charge in [0.05, 0.1) is 6.10 Å². The predicted octanol–water partition coefficient (Wildman–Crippen LogP) is 0.111. The SMILES string of the molecule is O=C(O)[C@@H]1C[C@H](O)CN1C(=O)N1CC2CCC1C2. The molecular weight excluding hydrogens is 236 g/mol. The molecule has 2 aliphatic heterocycles. The van der Waals surface area contributed by atoms with E-state index in [4.69, 9.17) is 5.11 Å². The van der Waals surface area contributed by atoms with Gasteiger partial charge in [0.1, 0.15) is 6.04 Å². The van der Waals surface area contributed by atoms with Gasteiger partial charge in [-0.3, -0.25) is 0 Å². The van der Waals surface area contributed by atoms with Crippen molar-refractivity contribution >= 4 is 12.0 Å².